The molecule has 0 saturated carbocycles. The number of piperidine rings is 1. The standard InChI is InChI=1S/C35H43N3O6/c1-2-42-33(40)22-37-35(41)36-21-29-8-4-5-9-31(29)26-14-16-28(17-15-26)34-43-30(23-38-18-6-3-7-19-38)20-32(44-34)27-12-10-25(24-39)11-13-27/h4-5,8-17,30,32,34,39H,2-3,6-7,18-24H2,1H3,(H2,36,37,41)/t30-,32+,34+/m1/s1. The Kier molecular flexibility index (Phi) is 11.4. The maximum atomic E-state index is 12.2. The number of rotatable bonds is 11. The van der Waals surface area contributed by atoms with Crippen LogP contribution in [-0.4, -0.2) is 60.9 Å². The Hall–Kier alpha value is -3.76. The van der Waals surface area contributed by atoms with Crippen LogP contribution in [0.2, 0.25) is 0 Å². The number of hydrogen-bond acceptors (Lipinski definition) is 7. The van der Waals surface area contributed by atoms with Crippen LogP contribution in [0.4, 0.5) is 4.79 Å². The number of likely N-dealkylation sites (tertiary alicyclic amines) is 1. The van der Waals surface area contributed by atoms with Gasteiger partial charge in [0.15, 0.2) is 6.29 Å². The molecule has 9 heteroatoms. The zero-order chi connectivity index (χ0) is 30.7. The normalized spacial score (nSPS) is 20.5. The molecule has 0 bridgehead atoms. The highest BCUT2D eigenvalue weighted by Gasteiger charge is 2.33. The molecule has 2 amide bonds. The Morgan fingerprint density at radius 3 is 2.36 bits per heavy atom. The van der Waals surface area contributed by atoms with Crippen molar-refractivity contribution < 1.29 is 28.9 Å². The van der Waals surface area contributed by atoms with Gasteiger partial charge < -0.3 is 34.9 Å². The molecule has 2 aliphatic heterocycles. The molecule has 0 spiro atoms. The van der Waals surface area contributed by atoms with Crippen LogP contribution in [-0.2, 0) is 32.2 Å². The molecule has 234 valence electrons. The number of aliphatic hydroxyl groups is 1. The van der Waals surface area contributed by atoms with Gasteiger partial charge in [0.2, 0.25) is 0 Å². The Bertz CT molecular complexity index is 1360. The molecule has 44 heavy (non-hydrogen) atoms. The van der Waals surface area contributed by atoms with Crippen molar-refractivity contribution >= 4 is 12.0 Å². The summed E-state index contributed by atoms with van der Waals surface area (Å²) in [6.07, 6.45) is 3.95. The van der Waals surface area contributed by atoms with E-state index in [2.05, 4.69) is 27.7 Å². The number of carbonyl (C=O) groups is 2. The average Bonchev–Trinajstić information content (AvgIpc) is 3.07. The SMILES string of the molecule is CCOC(=O)CNC(=O)NCc1ccccc1-c1ccc([C@H]2O[C@@H](CN3CCCCC3)C[C@@H](c3ccc(CO)cc3)O2)cc1. The van der Waals surface area contributed by atoms with E-state index in [-0.39, 0.29) is 32.0 Å². The third kappa shape index (κ3) is 8.66. The van der Waals surface area contributed by atoms with Crippen LogP contribution in [0, 0.1) is 0 Å². The van der Waals surface area contributed by atoms with E-state index in [0.29, 0.717) is 6.54 Å². The Labute approximate surface area is 259 Å². The second kappa shape index (κ2) is 15.8. The summed E-state index contributed by atoms with van der Waals surface area (Å²) in [7, 11) is 0. The molecule has 3 atom stereocenters. The van der Waals surface area contributed by atoms with E-state index in [1.54, 1.807) is 6.92 Å². The number of carbonyl (C=O) groups excluding carboxylic acids is 2. The number of benzene rings is 3. The predicted octanol–water partition coefficient (Wildman–Crippen LogP) is 5.24. The minimum absolute atomic E-state index is 0.0172. The monoisotopic (exact) mass is 601 g/mol. The highest BCUT2D eigenvalue weighted by Crippen LogP contribution is 2.39. The Morgan fingerprint density at radius 2 is 1.64 bits per heavy atom. The van der Waals surface area contributed by atoms with Gasteiger partial charge in [-0.15, -0.1) is 0 Å². The Balaban J connectivity index is 1.28. The zero-order valence-corrected chi connectivity index (χ0v) is 25.4. The second-order valence-corrected chi connectivity index (χ2v) is 11.3. The minimum Gasteiger partial charge on any atom is -0.465 e. The van der Waals surface area contributed by atoms with Crippen LogP contribution in [0.3, 0.4) is 0 Å². The van der Waals surface area contributed by atoms with Gasteiger partial charge in [-0.1, -0.05) is 79.2 Å². The molecule has 2 heterocycles. The number of urea groups is 1. The summed E-state index contributed by atoms with van der Waals surface area (Å²) < 4.78 is 18.0. The van der Waals surface area contributed by atoms with Crippen molar-refractivity contribution in [1.82, 2.24) is 15.5 Å². The van der Waals surface area contributed by atoms with E-state index < -0.39 is 18.3 Å². The van der Waals surface area contributed by atoms with E-state index in [0.717, 1.165) is 59.4 Å². The lowest BCUT2D eigenvalue weighted by Crippen LogP contribution is -2.41. The van der Waals surface area contributed by atoms with Crippen molar-refractivity contribution in [1.29, 1.82) is 0 Å². The summed E-state index contributed by atoms with van der Waals surface area (Å²) in [5, 5.41) is 14.8. The molecule has 3 aromatic carbocycles. The number of aliphatic hydroxyl groups excluding tert-OH is 1. The first-order valence-corrected chi connectivity index (χ1v) is 15.6. The minimum atomic E-state index is -0.505. The predicted molar refractivity (Wildman–Crippen MR) is 167 cm³/mol. The van der Waals surface area contributed by atoms with Crippen LogP contribution in [0.5, 0.6) is 0 Å². The summed E-state index contributed by atoms with van der Waals surface area (Å²) >= 11 is 0. The van der Waals surface area contributed by atoms with Crippen LogP contribution in [0.25, 0.3) is 11.1 Å². The number of nitrogens with zero attached hydrogens (tertiary/aromatic N) is 1. The molecule has 2 aliphatic rings. The zero-order valence-electron chi connectivity index (χ0n) is 25.4. The average molecular weight is 602 g/mol. The molecule has 3 aromatic rings. The van der Waals surface area contributed by atoms with E-state index in [1.807, 2.05) is 60.7 Å². The lowest BCUT2D eigenvalue weighted by Gasteiger charge is -2.39. The van der Waals surface area contributed by atoms with Crippen molar-refractivity contribution in [3.63, 3.8) is 0 Å². The highest BCUT2D eigenvalue weighted by molar-refractivity contribution is 5.81. The number of ether oxygens (including phenoxy) is 3. The maximum absolute atomic E-state index is 12.2. The van der Waals surface area contributed by atoms with Gasteiger partial charge in [0, 0.05) is 25.1 Å². The first-order chi connectivity index (χ1) is 21.5. The van der Waals surface area contributed by atoms with Gasteiger partial charge in [-0.3, -0.25) is 4.79 Å². The molecular weight excluding hydrogens is 558 g/mol. The van der Waals surface area contributed by atoms with E-state index in [9.17, 15) is 14.7 Å². The molecule has 5 rings (SSSR count). The van der Waals surface area contributed by atoms with Crippen molar-refractivity contribution in [3.8, 4) is 11.1 Å². The largest absolute Gasteiger partial charge is 0.465 e. The fourth-order valence-corrected chi connectivity index (χ4v) is 5.84. The van der Waals surface area contributed by atoms with Crippen molar-refractivity contribution in [2.45, 2.75) is 64.3 Å². The maximum Gasteiger partial charge on any atom is 0.325 e. The summed E-state index contributed by atoms with van der Waals surface area (Å²) in [5.74, 6) is -0.474. The highest BCUT2D eigenvalue weighted by atomic mass is 16.7. The van der Waals surface area contributed by atoms with Crippen LogP contribution in [0.1, 0.15) is 67.3 Å². The first kappa shape index (κ1) is 31.7. The van der Waals surface area contributed by atoms with Crippen molar-refractivity contribution in [2.75, 3.05) is 32.8 Å². The van der Waals surface area contributed by atoms with Gasteiger partial charge in [0.25, 0.3) is 0 Å². The van der Waals surface area contributed by atoms with Crippen molar-refractivity contribution in [3.05, 3.63) is 95.1 Å². The molecule has 0 aromatic heterocycles. The van der Waals surface area contributed by atoms with E-state index >= 15 is 0 Å². The van der Waals surface area contributed by atoms with Crippen LogP contribution >= 0.6 is 0 Å². The molecule has 0 radical (unpaired) electrons. The fourth-order valence-electron chi connectivity index (χ4n) is 5.84. The second-order valence-electron chi connectivity index (χ2n) is 11.3. The van der Waals surface area contributed by atoms with Gasteiger partial charge in [-0.2, -0.15) is 0 Å². The molecule has 3 N–H and O–H groups in total. The number of hydrogen-bond donors (Lipinski definition) is 3. The van der Waals surface area contributed by atoms with Crippen molar-refractivity contribution in [2.24, 2.45) is 0 Å². The Morgan fingerprint density at radius 1 is 0.909 bits per heavy atom. The number of amides is 2. The lowest BCUT2D eigenvalue weighted by atomic mass is 9.97. The van der Waals surface area contributed by atoms with Gasteiger partial charge in [0.1, 0.15) is 6.54 Å². The van der Waals surface area contributed by atoms with Gasteiger partial charge >= 0.3 is 12.0 Å². The smallest absolute Gasteiger partial charge is 0.325 e. The topological polar surface area (TPSA) is 109 Å². The molecular formula is C35H43N3O6. The van der Waals surface area contributed by atoms with Crippen LogP contribution < -0.4 is 10.6 Å². The molecule has 0 unspecified atom stereocenters. The van der Waals surface area contributed by atoms with E-state index in [1.165, 1.54) is 19.3 Å². The first-order valence-electron chi connectivity index (χ1n) is 15.6. The quantitative estimate of drug-likeness (QED) is 0.258. The lowest BCUT2D eigenvalue weighted by molar-refractivity contribution is -0.253. The van der Waals surface area contributed by atoms with Gasteiger partial charge in [0.05, 0.1) is 25.4 Å². The summed E-state index contributed by atoms with van der Waals surface area (Å²) in [5.41, 5.74) is 5.87. The molecule has 2 fully saturated rings. The molecule has 2 saturated heterocycles. The van der Waals surface area contributed by atoms with Gasteiger partial charge in [-0.05, 0) is 60.7 Å². The summed E-state index contributed by atoms with van der Waals surface area (Å²) in [6, 6.07) is 23.7. The number of nitrogens with one attached hydrogen (secondary N) is 2. The van der Waals surface area contributed by atoms with Gasteiger partial charge in [-0.25, -0.2) is 4.79 Å². The van der Waals surface area contributed by atoms with Crippen LogP contribution in [0.15, 0.2) is 72.8 Å². The summed E-state index contributed by atoms with van der Waals surface area (Å²) in [6.45, 7) is 5.24. The molecule has 0 aliphatic carbocycles. The third-order valence-electron chi connectivity index (χ3n) is 8.17. The molecule has 9 nitrogen and oxygen atoms in total. The number of esters is 1. The van der Waals surface area contributed by atoms with E-state index in [4.69, 9.17) is 14.2 Å². The summed E-state index contributed by atoms with van der Waals surface area (Å²) in [4.78, 5) is 26.3. The third-order valence-corrected chi connectivity index (χ3v) is 8.17. The fraction of sp³-hybridized carbons (Fsp3) is 0.429.